The van der Waals surface area contributed by atoms with Crippen LogP contribution in [0.5, 0.6) is 0 Å². The van der Waals surface area contributed by atoms with Crippen LogP contribution in [-0.2, 0) is 11.3 Å². The summed E-state index contributed by atoms with van der Waals surface area (Å²) in [6, 6.07) is 16.7. The summed E-state index contributed by atoms with van der Waals surface area (Å²) >= 11 is -2.24. The Hall–Kier alpha value is -3.41. The number of fused-ring (bicyclic) bond motifs is 1. The van der Waals surface area contributed by atoms with Gasteiger partial charge in [0.25, 0.3) is 0 Å². The molecule has 0 aliphatic carbocycles. The van der Waals surface area contributed by atoms with Gasteiger partial charge < -0.3 is 14.4 Å². The highest BCUT2D eigenvalue weighted by molar-refractivity contribution is 7.77. The third kappa shape index (κ3) is 4.94. The molecule has 2 aliphatic heterocycles. The number of aromatic nitrogens is 4. The van der Waals surface area contributed by atoms with Crippen LogP contribution in [0, 0.1) is 11.7 Å². The lowest BCUT2D eigenvalue weighted by molar-refractivity contribution is 0.503. The molecule has 3 aromatic heterocycles. The second-order valence-electron chi connectivity index (χ2n) is 9.58. The van der Waals surface area contributed by atoms with Gasteiger partial charge in [0.2, 0.25) is 0 Å². The van der Waals surface area contributed by atoms with E-state index in [1.807, 2.05) is 40.9 Å². The topological polar surface area (TPSA) is 102 Å². The molecule has 1 unspecified atom stereocenters. The van der Waals surface area contributed by atoms with Gasteiger partial charge in [0.1, 0.15) is 23.1 Å². The van der Waals surface area contributed by atoms with Crippen molar-refractivity contribution in [2.24, 2.45) is 5.92 Å². The molecular weight excluding hydrogens is 493 g/mol. The van der Waals surface area contributed by atoms with E-state index in [1.54, 1.807) is 18.3 Å². The highest BCUT2D eigenvalue weighted by Gasteiger charge is 2.28. The van der Waals surface area contributed by atoms with Gasteiger partial charge in [0.15, 0.2) is 5.65 Å². The van der Waals surface area contributed by atoms with Crippen LogP contribution in [0.15, 0.2) is 60.8 Å². The first-order valence-electron chi connectivity index (χ1n) is 12.5. The molecule has 9 nitrogen and oxygen atoms in total. The zero-order chi connectivity index (χ0) is 25.4. The average molecular weight is 521 g/mol. The summed E-state index contributed by atoms with van der Waals surface area (Å²) in [6.07, 6.45) is 4.64. The number of pyridine rings is 1. The Morgan fingerprint density at radius 3 is 2.84 bits per heavy atom. The quantitative estimate of drug-likeness (QED) is 0.372. The van der Waals surface area contributed by atoms with Gasteiger partial charge in [-0.2, -0.15) is 0 Å². The maximum absolute atomic E-state index is 13.9. The van der Waals surface area contributed by atoms with Crippen LogP contribution in [0.2, 0.25) is 0 Å². The summed E-state index contributed by atoms with van der Waals surface area (Å²) in [4.78, 5) is 13.9. The molecule has 2 aliphatic rings. The van der Waals surface area contributed by atoms with Gasteiger partial charge in [-0.05, 0) is 67.1 Å². The first-order chi connectivity index (χ1) is 18.0. The third-order valence-electron chi connectivity index (χ3n) is 7.23. The minimum absolute atomic E-state index is 0.0747. The van der Waals surface area contributed by atoms with Crippen molar-refractivity contribution in [3.63, 3.8) is 0 Å². The molecule has 37 heavy (non-hydrogen) atoms. The minimum Gasteiger partial charge on any atom is -0.760 e. The largest absolute Gasteiger partial charge is 0.760 e. The third-order valence-corrected chi connectivity index (χ3v) is 7.63. The number of hydrogen-bond donors (Lipinski definition) is 1. The first kappa shape index (κ1) is 24.0. The fourth-order valence-electron chi connectivity index (χ4n) is 5.43. The lowest BCUT2D eigenvalue weighted by Gasteiger charge is -2.26. The molecule has 6 rings (SSSR count). The van der Waals surface area contributed by atoms with E-state index in [0.29, 0.717) is 6.54 Å². The van der Waals surface area contributed by atoms with Gasteiger partial charge >= 0.3 is 0 Å². The first-order valence-corrected chi connectivity index (χ1v) is 13.5. The summed E-state index contributed by atoms with van der Waals surface area (Å²) in [7, 11) is 0. The number of halogens is 1. The van der Waals surface area contributed by atoms with Crippen LogP contribution in [0.3, 0.4) is 0 Å². The second-order valence-corrected chi connectivity index (χ2v) is 10.3. The number of benzene rings is 1. The molecule has 2 fully saturated rings. The zero-order valence-corrected chi connectivity index (χ0v) is 21.0. The van der Waals surface area contributed by atoms with Crippen molar-refractivity contribution in [3.8, 4) is 11.4 Å². The van der Waals surface area contributed by atoms with Crippen molar-refractivity contribution in [3.05, 3.63) is 72.2 Å². The summed E-state index contributed by atoms with van der Waals surface area (Å²) in [5.41, 5.74) is 3.24. The number of anilines is 2. The minimum atomic E-state index is -2.24. The molecule has 2 saturated heterocycles. The zero-order valence-electron chi connectivity index (χ0n) is 20.2. The molecular formula is C26H27FN7O2S-. The molecule has 0 saturated carbocycles. The van der Waals surface area contributed by atoms with Crippen molar-refractivity contribution in [2.75, 3.05) is 36.0 Å². The normalized spacial score (nSPS) is 20.7. The lowest BCUT2D eigenvalue weighted by atomic mass is 10.0. The van der Waals surface area contributed by atoms with Gasteiger partial charge in [-0.1, -0.05) is 18.2 Å². The Morgan fingerprint density at radius 1 is 1.08 bits per heavy atom. The molecule has 1 N–H and O–H groups in total. The SMILES string of the molecule is O=S([O-])NC[C@@H]1CCN(c2cccc(-c3cnc4ccc(N5CCC[C@@H]5c5cccc(F)c5)nn34)n2)C1. The molecule has 11 heteroatoms. The van der Waals surface area contributed by atoms with Crippen LogP contribution in [0.4, 0.5) is 16.0 Å². The van der Waals surface area contributed by atoms with Gasteiger partial charge in [-0.25, -0.2) is 23.6 Å². The van der Waals surface area contributed by atoms with Crippen molar-refractivity contribution in [2.45, 2.75) is 25.3 Å². The van der Waals surface area contributed by atoms with E-state index in [0.717, 1.165) is 73.1 Å². The highest BCUT2D eigenvalue weighted by Crippen LogP contribution is 2.36. The number of imidazole rings is 1. The predicted octanol–water partition coefficient (Wildman–Crippen LogP) is 3.48. The van der Waals surface area contributed by atoms with Crippen molar-refractivity contribution in [1.82, 2.24) is 24.3 Å². The lowest BCUT2D eigenvalue weighted by Crippen LogP contribution is -2.27. The van der Waals surface area contributed by atoms with E-state index in [4.69, 9.17) is 10.1 Å². The Morgan fingerprint density at radius 2 is 1.97 bits per heavy atom. The predicted molar refractivity (Wildman–Crippen MR) is 139 cm³/mol. The molecule has 3 atom stereocenters. The number of rotatable bonds is 7. The van der Waals surface area contributed by atoms with Crippen LogP contribution in [-0.4, -0.2) is 54.5 Å². The van der Waals surface area contributed by atoms with E-state index in [-0.39, 0.29) is 17.8 Å². The molecule has 192 valence electrons. The van der Waals surface area contributed by atoms with Crippen molar-refractivity contribution < 1.29 is 13.2 Å². The van der Waals surface area contributed by atoms with E-state index in [2.05, 4.69) is 19.5 Å². The summed E-state index contributed by atoms with van der Waals surface area (Å²) < 4.78 is 39.9. The maximum atomic E-state index is 13.9. The molecule has 0 spiro atoms. The Labute approximate surface area is 216 Å². The molecule has 0 radical (unpaired) electrons. The smallest absolute Gasteiger partial charge is 0.154 e. The summed E-state index contributed by atoms with van der Waals surface area (Å²) in [5.74, 6) is 1.69. The molecule has 5 heterocycles. The average Bonchev–Trinajstić information content (AvgIpc) is 3.67. The molecule has 4 aromatic rings. The van der Waals surface area contributed by atoms with E-state index >= 15 is 0 Å². The van der Waals surface area contributed by atoms with E-state index in [9.17, 15) is 13.2 Å². The second kappa shape index (κ2) is 10.2. The van der Waals surface area contributed by atoms with Gasteiger partial charge in [0, 0.05) is 37.4 Å². The van der Waals surface area contributed by atoms with Crippen molar-refractivity contribution in [1.29, 1.82) is 0 Å². The maximum Gasteiger partial charge on any atom is 0.154 e. The Kier molecular flexibility index (Phi) is 6.58. The molecule has 0 bridgehead atoms. The van der Waals surface area contributed by atoms with Crippen molar-refractivity contribution >= 4 is 28.5 Å². The van der Waals surface area contributed by atoms with E-state index in [1.165, 1.54) is 6.07 Å². The Bertz CT molecular complexity index is 1450. The van der Waals surface area contributed by atoms with Gasteiger partial charge in [-0.3, -0.25) is 4.21 Å². The van der Waals surface area contributed by atoms with Crippen LogP contribution in [0.1, 0.15) is 30.9 Å². The Balaban J connectivity index is 1.27. The summed E-state index contributed by atoms with van der Waals surface area (Å²) in [6.45, 7) is 2.84. The van der Waals surface area contributed by atoms with E-state index < -0.39 is 11.3 Å². The molecule has 1 aromatic carbocycles. The fraction of sp³-hybridized carbons (Fsp3) is 0.346. The summed E-state index contributed by atoms with van der Waals surface area (Å²) in [5, 5.41) is 4.94. The van der Waals surface area contributed by atoms with Crippen LogP contribution >= 0.6 is 0 Å². The van der Waals surface area contributed by atoms with Crippen LogP contribution < -0.4 is 14.5 Å². The fourth-order valence-corrected chi connectivity index (χ4v) is 5.80. The molecule has 0 amide bonds. The van der Waals surface area contributed by atoms with Crippen LogP contribution in [0.25, 0.3) is 17.0 Å². The number of hydrogen-bond acceptors (Lipinski definition) is 7. The van der Waals surface area contributed by atoms with Gasteiger partial charge in [0.05, 0.1) is 17.9 Å². The monoisotopic (exact) mass is 520 g/mol. The standard InChI is InChI=1S/C26H28FN7O2S/c27-20-5-1-4-19(14-20)22-7-3-12-33(22)26-10-9-24-28-16-23(34(24)31-26)21-6-2-8-25(30-21)32-13-11-18(17-32)15-29-37(35)36/h1-2,4-6,8-10,14,16,18,22,29H,3,7,11-13,15,17H2,(H,35,36)/p-1/t18-,22+/m0/s1. The number of nitrogens with one attached hydrogen (secondary N) is 1. The number of nitrogens with zero attached hydrogens (tertiary/aromatic N) is 6. The highest BCUT2D eigenvalue weighted by atomic mass is 32.2. The van der Waals surface area contributed by atoms with Gasteiger partial charge in [-0.15, -0.1) is 5.10 Å².